The third kappa shape index (κ3) is 6.16. The van der Waals surface area contributed by atoms with Crippen LogP contribution in [0.5, 0.6) is 0 Å². The van der Waals surface area contributed by atoms with E-state index < -0.39 is 0 Å². The number of carbonyl (C=O) groups is 2. The number of thioether (sulfide) groups is 1. The van der Waals surface area contributed by atoms with E-state index in [4.69, 9.17) is 0 Å². The molecular formula is C31H34N4O2S. The van der Waals surface area contributed by atoms with E-state index in [1.54, 1.807) is 0 Å². The van der Waals surface area contributed by atoms with Gasteiger partial charge in [-0.25, -0.2) is 0 Å². The summed E-state index contributed by atoms with van der Waals surface area (Å²) in [6.45, 7) is 2.10. The van der Waals surface area contributed by atoms with Crippen LogP contribution >= 0.6 is 11.8 Å². The average Bonchev–Trinajstić information content (AvgIpc) is 3.36. The lowest BCUT2D eigenvalue weighted by Crippen LogP contribution is -2.21. The predicted octanol–water partition coefficient (Wildman–Crippen LogP) is 6.51. The van der Waals surface area contributed by atoms with E-state index in [0.717, 1.165) is 34.3 Å². The predicted molar refractivity (Wildman–Crippen MR) is 153 cm³/mol. The van der Waals surface area contributed by atoms with Gasteiger partial charge >= 0.3 is 0 Å². The van der Waals surface area contributed by atoms with Crippen molar-refractivity contribution in [2.75, 3.05) is 12.3 Å². The summed E-state index contributed by atoms with van der Waals surface area (Å²) in [6.07, 6.45) is 7.85. The molecular weight excluding hydrogens is 492 g/mol. The number of nitrogens with one attached hydrogen (secondary N) is 1. The number of amides is 1. The van der Waals surface area contributed by atoms with Crippen LogP contribution in [0.15, 0.2) is 71.9 Å². The van der Waals surface area contributed by atoms with E-state index in [0.29, 0.717) is 24.0 Å². The molecule has 0 bridgehead atoms. The zero-order chi connectivity index (χ0) is 26.3. The highest BCUT2D eigenvalue weighted by molar-refractivity contribution is 7.99. The van der Waals surface area contributed by atoms with Gasteiger partial charge in [0.15, 0.2) is 10.9 Å². The number of fused-ring (bicyclic) bond motifs is 1. The van der Waals surface area contributed by atoms with E-state index in [1.165, 1.54) is 56.4 Å². The molecule has 1 saturated carbocycles. The van der Waals surface area contributed by atoms with Crippen molar-refractivity contribution >= 4 is 34.2 Å². The van der Waals surface area contributed by atoms with Gasteiger partial charge in [-0.05, 0) is 42.2 Å². The summed E-state index contributed by atoms with van der Waals surface area (Å²) >= 11 is 1.42. The van der Waals surface area contributed by atoms with Crippen molar-refractivity contribution in [1.29, 1.82) is 0 Å². The van der Waals surface area contributed by atoms with E-state index in [-0.39, 0.29) is 17.4 Å². The summed E-state index contributed by atoms with van der Waals surface area (Å²) < 4.78 is 2.07. The van der Waals surface area contributed by atoms with Crippen molar-refractivity contribution in [3.8, 4) is 5.69 Å². The molecule has 1 N–H and O–H groups in total. The van der Waals surface area contributed by atoms with Crippen molar-refractivity contribution in [3.63, 3.8) is 0 Å². The maximum atomic E-state index is 13.1. The maximum Gasteiger partial charge on any atom is 0.216 e. The van der Waals surface area contributed by atoms with E-state index in [9.17, 15) is 9.59 Å². The van der Waals surface area contributed by atoms with Crippen LogP contribution < -0.4 is 5.32 Å². The summed E-state index contributed by atoms with van der Waals surface area (Å²) in [5.41, 5.74) is 3.09. The lowest BCUT2D eigenvalue weighted by Gasteiger charge is -2.22. The van der Waals surface area contributed by atoms with Gasteiger partial charge in [-0.2, -0.15) is 0 Å². The first-order chi connectivity index (χ1) is 18.6. The number of ketones is 1. The Labute approximate surface area is 228 Å². The smallest absolute Gasteiger partial charge is 0.216 e. The molecule has 5 rings (SSSR count). The molecule has 1 heterocycles. The summed E-state index contributed by atoms with van der Waals surface area (Å²) in [7, 11) is 0. The van der Waals surface area contributed by atoms with Crippen LogP contribution in [-0.2, 0) is 11.2 Å². The molecule has 3 aromatic carbocycles. The van der Waals surface area contributed by atoms with Crippen LogP contribution in [0.2, 0.25) is 0 Å². The van der Waals surface area contributed by atoms with Crippen molar-refractivity contribution in [3.05, 3.63) is 83.7 Å². The third-order valence-electron chi connectivity index (χ3n) is 7.30. The highest BCUT2D eigenvalue weighted by Gasteiger charge is 2.19. The Kier molecular flexibility index (Phi) is 8.54. The summed E-state index contributed by atoms with van der Waals surface area (Å²) in [5, 5.41) is 14.8. The minimum atomic E-state index is -0.0398. The summed E-state index contributed by atoms with van der Waals surface area (Å²) in [5.74, 6) is 1.79. The van der Waals surface area contributed by atoms with Gasteiger partial charge in [0, 0.05) is 30.8 Å². The number of carbonyl (C=O) groups excluding carboxylic acids is 2. The van der Waals surface area contributed by atoms with Crippen LogP contribution in [0.3, 0.4) is 0 Å². The average molecular weight is 527 g/mol. The number of nitrogens with zero attached hydrogens (tertiary/aromatic N) is 3. The number of aryl methyl sites for hydroxylation is 1. The number of Topliss-reactive ketones (excluding diaryl/α,β-unsaturated/α-hetero) is 1. The van der Waals surface area contributed by atoms with Gasteiger partial charge in [0.1, 0.15) is 5.82 Å². The molecule has 196 valence electrons. The van der Waals surface area contributed by atoms with E-state index in [2.05, 4.69) is 56.5 Å². The van der Waals surface area contributed by atoms with Gasteiger partial charge in [0.05, 0.1) is 11.4 Å². The number of rotatable bonds is 10. The Balaban J connectivity index is 1.35. The minimum absolute atomic E-state index is 0.0398. The zero-order valence-corrected chi connectivity index (χ0v) is 22.7. The lowest BCUT2D eigenvalue weighted by molar-refractivity contribution is -0.118. The normalized spacial score (nSPS) is 14.0. The molecule has 0 aliphatic heterocycles. The van der Waals surface area contributed by atoms with Gasteiger partial charge < -0.3 is 5.32 Å². The standard InChI is InChI=1S/C31H34N4O2S/c1-22(36)32-20-8-15-30-33-34-31(35(30)28-14-7-12-25-11-5-6-13-27(25)28)38-21-29(37)26-18-16-24(17-19-26)23-9-3-2-4-10-23/h5-7,11-14,16-19,23H,2-4,8-10,15,20-21H2,1H3,(H,32,36). The summed E-state index contributed by atoms with van der Waals surface area (Å²) in [4.78, 5) is 24.4. The molecule has 4 aromatic rings. The fourth-order valence-corrected chi connectivity index (χ4v) is 6.16. The van der Waals surface area contributed by atoms with Crippen molar-refractivity contribution in [1.82, 2.24) is 20.1 Å². The van der Waals surface area contributed by atoms with Crippen molar-refractivity contribution < 1.29 is 9.59 Å². The molecule has 1 amide bonds. The molecule has 0 saturated heterocycles. The minimum Gasteiger partial charge on any atom is -0.356 e. The van der Waals surface area contributed by atoms with Gasteiger partial charge in [-0.1, -0.05) is 91.7 Å². The monoisotopic (exact) mass is 526 g/mol. The number of hydrogen-bond donors (Lipinski definition) is 1. The SMILES string of the molecule is CC(=O)NCCCc1nnc(SCC(=O)c2ccc(C3CCCCC3)cc2)n1-c1cccc2ccccc12. The molecule has 6 nitrogen and oxygen atoms in total. The van der Waals surface area contributed by atoms with Crippen molar-refractivity contribution in [2.45, 2.75) is 62.9 Å². The van der Waals surface area contributed by atoms with E-state index in [1.807, 2.05) is 30.3 Å². The molecule has 1 fully saturated rings. The number of benzene rings is 3. The lowest BCUT2D eigenvalue weighted by atomic mass is 9.84. The van der Waals surface area contributed by atoms with Gasteiger partial charge in [0.2, 0.25) is 5.91 Å². The fourth-order valence-electron chi connectivity index (χ4n) is 5.30. The second-order valence-corrected chi connectivity index (χ2v) is 10.9. The van der Waals surface area contributed by atoms with Crippen LogP contribution in [0.1, 0.15) is 73.1 Å². The zero-order valence-electron chi connectivity index (χ0n) is 21.9. The maximum absolute atomic E-state index is 13.1. The third-order valence-corrected chi connectivity index (χ3v) is 8.23. The van der Waals surface area contributed by atoms with Crippen LogP contribution in [-0.4, -0.2) is 38.8 Å². The quantitative estimate of drug-likeness (QED) is 0.145. The summed E-state index contributed by atoms with van der Waals surface area (Å²) in [6, 6.07) is 22.7. The Hall–Kier alpha value is -3.45. The van der Waals surface area contributed by atoms with Crippen LogP contribution in [0.25, 0.3) is 16.5 Å². The molecule has 1 aromatic heterocycles. The first-order valence-corrected chi connectivity index (χ1v) is 14.5. The number of aromatic nitrogens is 3. The van der Waals surface area contributed by atoms with Crippen LogP contribution in [0.4, 0.5) is 0 Å². The first-order valence-electron chi connectivity index (χ1n) is 13.5. The molecule has 38 heavy (non-hydrogen) atoms. The van der Waals surface area contributed by atoms with Gasteiger partial charge in [0.25, 0.3) is 0 Å². The topological polar surface area (TPSA) is 76.9 Å². The Morgan fingerprint density at radius 1 is 0.947 bits per heavy atom. The molecule has 0 unspecified atom stereocenters. The first kappa shape index (κ1) is 26.2. The molecule has 0 atom stereocenters. The second-order valence-electron chi connectivity index (χ2n) is 9.99. The largest absolute Gasteiger partial charge is 0.356 e. The fraction of sp³-hybridized carbons (Fsp3) is 0.355. The van der Waals surface area contributed by atoms with Gasteiger partial charge in [-0.3, -0.25) is 14.2 Å². The molecule has 0 radical (unpaired) electrons. The molecule has 1 aliphatic carbocycles. The number of hydrogen-bond acceptors (Lipinski definition) is 5. The highest BCUT2D eigenvalue weighted by atomic mass is 32.2. The van der Waals surface area contributed by atoms with Gasteiger partial charge in [-0.15, -0.1) is 10.2 Å². The molecule has 7 heteroatoms. The Morgan fingerprint density at radius 3 is 2.50 bits per heavy atom. The molecule has 0 spiro atoms. The van der Waals surface area contributed by atoms with Crippen LogP contribution in [0, 0.1) is 0 Å². The molecule has 1 aliphatic rings. The van der Waals surface area contributed by atoms with E-state index >= 15 is 0 Å². The van der Waals surface area contributed by atoms with Crippen molar-refractivity contribution in [2.24, 2.45) is 0 Å². The second kappa shape index (κ2) is 12.4. The Morgan fingerprint density at radius 2 is 1.71 bits per heavy atom. The Bertz CT molecular complexity index is 1400. The highest BCUT2D eigenvalue weighted by Crippen LogP contribution is 2.33.